The first-order valence-electron chi connectivity index (χ1n) is 15.5. The van der Waals surface area contributed by atoms with Crippen molar-refractivity contribution in [3.8, 4) is 17.1 Å². The smallest absolute Gasteiger partial charge is 0.473 e. The molecule has 0 spiro atoms. The Labute approximate surface area is 254 Å². The summed E-state index contributed by atoms with van der Waals surface area (Å²) < 4.78 is 14.9. The molecule has 1 saturated carbocycles. The summed E-state index contributed by atoms with van der Waals surface area (Å²) in [7, 11) is 2.06. The van der Waals surface area contributed by atoms with Gasteiger partial charge in [-0.3, -0.25) is 4.79 Å². The highest BCUT2D eigenvalue weighted by molar-refractivity contribution is 5.93. The maximum atomic E-state index is 14.1. The van der Waals surface area contributed by atoms with E-state index in [1.807, 2.05) is 40.1 Å². The molecule has 1 saturated heterocycles. The summed E-state index contributed by atoms with van der Waals surface area (Å²) in [5.41, 5.74) is 4.12. The predicted molar refractivity (Wildman–Crippen MR) is 168 cm³/mol. The SMILES string of the molecule is C[C@@H](Oc1nc(-c2ccc3c(c2)[N+](C(=O)OC(C)(C)C)(C(C)(C)C)CCN3C)cc2ncn(C3CC3)c12)[C@H]1CNC(=O)C1. The molecule has 3 atom stereocenters. The van der Waals surface area contributed by atoms with Crippen molar-refractivity contribution in [2.75, 3.05) is 31.6 Å². The van der Waals surface area contributed by atoms with Crippen LogP contribution in [0.1, 0.15) is 73.8 Å². The third-order valence-electron chi connectivity index (χ3n) is 9.15. The van der Waals surface area contributed by atoms with Crippen molar-refractivity contribution in [2.24, 2.45) is 5.92 Å². The zero-order valence-electron chi connectivity index (χ0n) is 26.7. The summed E-state index contributed by atoms with van der Waals surface area (Å²) in [5.74, 6) is 0.658. The molecule has 43 heavy (non-hydrogen) atoms. The van der Waals surface area contributed by atoms with Crippen molar-refractivity contribution in [1.82, 2.24) is 24.3 Å². The van der Waals surface area contributed by atoms with Gasteiger partial charge in [-0.2, -0.15) is 9.28 Å². The molecule has 2 aromatic heterocycles. The number of carbonyl (C=O) groups excluding carboxylic acids is 2. The molecule has 0 radical (unpaired) electrons. The number of hydrogen-bond acceptors (Lipinski definition) is 7. The fourth-order valence-electron chi connectivity index (χ4n) is 6.47. The average Bonchev–Trinajstić information content (AvgIpc) is 3.51. The molecular formula is C33H45N6O4+. The lowest BCUT2D eigenvalue weighted by atomic mass is 9.95. The van der Waals surface area contributed by atoms with Crippen molar-refractivity contribution in [3.63, 3.8) is 0 Å². The second kappa shape index (κ2) is 10.2. The quantitative estimate of drug-likeness (QED) is 0.374. The van der Waals surface area contributed by atoms with Gasteiger partial charge in [0.25, 0.3) is 0 Å². The van der Waals surface area contributed by atoms with E-state index in [4.69, 9.17) is 19.4 Å². The van der Waals surface area contributed by atoms with Crippen molar-refractivity contribution >= 4 is 34.4 Å². The summed E-state index contributed by atoms with van der Waals surface area (Å²) >= 11 is 0. The first-order valence-corrected chi connectivity index (χ1v) is 15.5. The van der Waals surface area contributed by atoms with E-state index in [0.717, 1.165) is 53.1 Å². The number of carbonyl (C=O) groups is 2. The van der Waals surface area contributed by atoms with Gasteiger partial charge in [0.2, 0.25) is 11.8 Å². The van der Waals surface area contributed by atoms with Gasteiger partial charge in [0, 0.05) is 43.6 Å². The van der Waals surface area contributed by atoms with Gasteiger partial charge in [-0.05, 0) is 73.4 Å². The Kier molecular flexibility index (Phi) is 6.99. The minimum Gasteiger partial charge on any atom is -0.473 e. The van der Waals surface area contributed by atoms with Gasteiger partial charge >= 0.3 is 6.09 Å². The fraction of sp³-hybridized carbons (Fsp3) is 0.576. The summed E-state index contributed by atoms with van der Waals surface area (Å²) in [6.07, 6.45) is 4.09. The van der Waals surface area contributed by atoms with Crippen LogP contribution in [0.15, 0.2) is 30.6 Å². The van der Waals surface area contributed by atoms with E-state index in [0.29, 0.717) is 31.4 Å². The number of imidazole rings is 1. The second-order valence-corrected chi connectivity index (χ2v) is 14.5. The molecule has 2 fully saturated rings. The second-order valence-electron chi connectivity index (χ2n) is 14.5. The molecule has 1 unspecified atom stereocenters. The number of aromatic nitrogens is 3. The van der Waals surface area contributed by atoms with Crippen LogP contribution in [0.5, 0.6) is 5.88 Å². The van der Waals surface area contributed by atoms with Crippen LogP contribution in [-0.4, -0.2) is 70.5 Å². The number of rotatable bonds is 5. The molecule has 1 aliphatic carbocycles. The van der Waals surface area contributed by atoms with Crippen molar-refractivity contribution in [1.29, 1.82) is 0 Å². The molecule has 0 bridgehead atoms. The lowest BCUT2D eigenvalue weighted by Crippen LogP contribution is -2.69. The number of anilines is 1. The lowest BCUT2D eigenvalue weighted by Gasteiger charge is -2.49. The molecule has 6 rings (SSSR count). The van der Waals surface area contributed by atoms with Crippen molar-refractivity contribution in [2.45, 2.75) is 91.0 Å². The molecule has 230 valence electrons. The number of amides is 2. The van der Waals surface area contributed by atoms with Crippen LogP contribution < -0.4 is 19.4 Å². The zero-order valence-corrected chi connectivity index (χ0v) is 26.7. The molecule has 10 heteroatoms. The highest BCUT2D eigenvalue weighted by atomic mass is 16.6. The number of nitrogens with one attached hydrogen (secondary N) is 1. The van der Waals surface area contributed by atoms with Crippen LogP contribution in [-0.2, 0) is 9.53 Å². The van der Waals surface area contributed by atoms with Gasteiger partial charge in [-0.25, -0.2) is 9.97 Å². The van der Waals surface area contributed by atoms with Crippen molar-refractivity contribution < 1.29 is 19.1 Å². The average molecular weight is 590 g/mol. The van der Waals surface area contributed by atoms with Gasteiger partial charge in [0.15, 0.2) is 5.69 Å². The van der Waals surface area contributed by atoms with Gasteiger partial charge in [0.1, 0.15) is 29.3 Å². The molecule has 2 amide bonds. The van der Waals surface area contributed by atoms with Crippen molar-refractivity contribution in [3.05, 3.63) is 30.6 Å². The van der Waals surface area contributed by atoms with Crippen LogP contribution >= 0.6 is 0 Å². The van der Waals surface area contributed by atoms with Crippen LogP contribution in [0, 0.1) is 5.92 Å². The Morgan fingerprint density at radius 3 is 2.51 bits per heavy atom. The zero-order chi connectivity index (χ0) is 30.9. The van der Waals surface area contributed by atoms with E-state index in [1.54, 1.807) is 0 Å². The lowest BCUT2D eigenvalue weighted by molar-refractivity contribution is -0.119. The van der Waals surface area contributed by atoms with E-state index in [2.05, 4.69) is 60.8 Å². The Morgan fingerprint density at radius 1 is 1.14 bits per heavy atom. The van der Waals surface area contributed by atoms with E-state index < -0.39 is 11.1 Å². The van der Waals surface area contributed by atoms with Crippen LogP contribution in [0.2, 0.25) is 0 Å². The van der Waals surface area contributed by atoms with E-state index in [9.17, 15) is 9.59 Å². The molecular weight excluding hydrogens is 544 g/mol. The molecule has 1 aromatic carbocycles. The van der Waals surface area contributed by atoms with Gasteiger partial charge in [-0.15, -0.1) is 0 Å². The van der Waals surface area contributed by atoms with E-state index in [1.165, 1.54) is 0 Å². The topological polar surface area (TPSA) is 98.6 Å². The first kappa shape index (κ1) is 29.4. The maximum absolute atomic E-state index is 14.1. The van der Waals surface area contributed by atoms with Gasteiger partial charge in [0.05, 0.1) is 29.8 Å². The molecule has 4 heterocycles. The Hall–Kier alpha value is -3.66. The van der Waals surface area contributed by atoms with Crippen LogP contribution in [0.4, 0.5) is 16.2 Å². The monoisotopic (exact) mass is 589 g/mol. The van der Waals surface area contributed by atoms with E-state index in [-0.39, 0.29) is 28.5 Å². The predicted octanol–water partition coefficient (Wildman–Crippen LogP) is 5.83. The number of fused-ring (bicyclic) bond motifs is 2. The Bertz CT molecular complexity index is 1580. The van der Waals surface area contributed by atoms with Gasteiger partial charge < -0.3 is 24.3 Å². The minimum atomic E-state index is -0.621. The highest BCUT2D eigenvalue weighted by Crippen LogP contribution is 2.47. The summed E-state index contributed by atoms with van der Waals surface area (Å²) in [4.78, 5) is 38.1. The number of pyridine rings is 1. The number of likely N-dealkylation sites (N-methyl/N-ethyl adjacent to an activating group) is 1. The number of nitrogens with zero attached hydrogens (tertiary/aromatic N) is 5. The fourth-order valence-corrected chi connectivity index (χ4v) is 6.47. The first-order chi connectivity index (χ1) is 20.2. The Balaban J connectivity index is 1.48. The molecule has 3 aromatic rings. The van der Waals surface area contributed by atoms with E-state index >= 15 is 0 Å². The number of benzene rings is 1. The highest BCUT2D eigenvalue weighted by Gasteiger charge is 2.55. The molecule has 10 nitrogen and oxygen atoms in total. The summed E-state index contributed by atoms with van der Waals surface area (Å²) in [6.45, 7) is 16.0. The third-order valence-corrected chi connectivity index (χ3v) is 9.15. The summed E-state index contributed by atoms with van der Waals surface area (Å²) in [6, 6.07) is 8.66. The summed E-state index contributed by atoms with van der Waals surface area (Å²) in [5, 5.41) is 2.92. The number of quaternary nitrogens is 1. The van der Waals surface area contributed by atoms with Crippen LogP contribution in [0.25, 0.3) is 22.3 Å². The normalized spacial score (nSPS) is 23.2. The number of ether oxygens (including phenoxy) is 2. The largest absolute Gasteiger partial charge is 0.522 e. The minimum absolute atomic E-state index is 0.0554. The standard InChI is InChI=1S/C33H44N6O4/c1-20(22-16-28(40)34-18-22)42-30-29-25(35-19-38(29)23-10-11-23)17-24(36-30)21-9-12-26-27(15-21)39(32(2,3)4,14-13-37(26)8)31(41)43-33(5,6)7/h9,12,15,17,19-20,22-23H,10-11,13-14,16,18H2,1-8H3/p+1/t20-,22-,39?/m1/s1. The Morgan fingerprint density at radius 2 is 1.88 bits per heavy atom. The van der Waals surface area contributed by atoms with Crippen LogP contribution in [0.3, 0.4) is 0 Å². The molecule has 3 aliphatic rings. The van der Waals surface area contributed by atoms with Gasteiger partial charge in [-0.1, -0.05) is 6.07 Å². The number of hydrogen-bond donors (Lipinski definition) is 1. The molecule has 1 N–H and O–H groups in total. The third kappa shape index (κ3) is 5.24. The molecule has 2 aliphatic heterocycles. The maximum Gasteiger partial charge on any atom is 0.522 e.